The molecule has 4 rings (SSSR count). The van der Waals surface area contributed by atoms with Crippen LogP contribution in [-0.2, 0) is 17.4 Å². The van der Waals surface area contributed by atoms with E-state index in [-0.39, 0.29) is 40.2 Å². The number of halogens is 3. The first-order valence-electron chi connectivity index (χ1n) is 12.5. The molecule has 1 heterocycles. The zero-order valence-corrected chi connectivity index (χ0v) is 22.3. The number of aromatic carboxylic acids is 1. The first kappa shape index (κ1) is 29.7. The molecule has 0 aliphatic heterocycles. The van der Waals surface area contributed by atoms with E-state index in [9.17, 15) is 32.3 Å². The second-order valence-electron chi connectivity index (χ2n) is 9.24. The number of rotatable bonds is 9. The summed E-state index contributed by atoms with van der Waals surface area (Å²) in [6.07, 6.45) is -4.72. The van der Waals surface area contributed by atoms with Crippen molar-refractivity contribution in [3.8, 4) is 17.0 Å². The van der Waals surface area contributed by atoms with Crippen LogP contribution >= 0.6 is 0 Å². The number of carbonyl (C=O) groups is 3. The summed E-state index contributed by atoms with van der Waals surface area (Å²) in [6, 6.07) is 16.4. The van der Waals surface area contributed by atoms with E-state index in [1.165, 1.54) is 38.3 Å². The Balaban J connectivity index is 1.82. The molecule has 3 aromatic carbocycles. The number of nitrogens with zero attached hydrogens (tertiary/aromatic N) is 2. The number of carboxylic acids is 1. The Bertz CT molecular complexity index is 1700. The molecule has 1 amide bonds. The van der Waals surface area contributed by atoms with Gasteiger partial charge in [-0.25, -0.2) is 9.48 Å². The van der Waals surface area contributed by atoms with Gasteiger partial charge in [0.2, 0.25) is 11.8 Å². The Morgan fingerprint density at radius 3 is 2.21 bits per heavy atom. The maximum absolute atomic E-state index is 13.5. The lowest BCUT2D eigenvalue weighted by atomic mass is 9.95. The summed E-state index contributed by atoms with van der Waals surface area (Å²) in [5.41, 5.74) is -1.37. The molecule has 216 valence electrons. The van der Waals surface area contributed by atoms with Crippen molar-refractivity contribution in [3.05, 3.63) is 111 Å². The average molecular weight is 580 g/mol. The molecule has 0 fully saturated rings. The third kappa shape index (κ3) is 6.54. The fourth-order valence-electron chi connectivity index (χ4n) is 4.32. The van der Waals surface area contributed by atoms with Crippen LogP contribution in [0.5, 0.6) is 5.88 Å². The molecular formula is C30H24F3N3O6. The third-order valence-electron chi connectivity index (χ3n) is 6.40. The number of hydrogen-bond acceptors (Lipinski definition) is 6. The van der Waals surface area contributed by atoms with Crippen LogP contribution in [0.4, 0.5) is 18.9 Å². The molecule has 1 aromatic heterocycles. The Labute approximate surface area is 237 Å². The van der Waals surface area contributed by atoms with Crippen molar-refractivity contribution in [2.24, 2.45) is 0 Å². The number of carbonyl (C=O) groups excluding carboxylic acids is 2. The van der Waals surface area contributed by atoms with Gasteiger partial charge in [0.05, 0.1) is 23.8 Å². The molecule has 9 nitrogen and oxygen atoms in total. The summed E-state index contributed by atoms with van der Waals surface area (Å²) in [5, 5.41) is 16.0. The van der Waals surface area contributed by atoms with Crippen LogP contribution in [0.25, 0.3) is 11.1 Å². The standard InChI is InChI=1S/C30H24F3N3O6/c1-17(37)22-13-10-20(30(31,32)33)15-23(22)24-16-26(38)36(35-28(24)42-2)25(14-18-6-4-3-5-7-18)27(39)34-21-11-8-19(9-12-21)29(40)41/h3-13,15-16,25H,14H2,1-2H3,(H,34,39)(H,40,41)/t25-/m0/s1. The Morgan fingerprint density at radius 1 is 0.976 bits per heavy atom. The van der Waals surface area contributed by atoms with Gasteiger partial charge in [-0.2, -0.15) is 13.2 Å². The predicted octanol–water partition coefficient (Wildman–Crippen LogP) is 5.26. The van der Waals surface area contributed by atoms with Gasteiger partial charge in [-0.05, 0) is 54.4 Å². The van der Waals surface area contributed by atoms with Gasteiger partial charge in [0.25, 0.3) is 5.56 Å². The minimum absolute atomic E-state index is 0.00244. The maximum Gasteiger partial charge on any atom is 0.416 e. The number of methoxy groups -OCH3 is 1. The number of Topliss-reactive ketones (excluding diaryl/α,β-unsaturated/α-hetero) is 1. The summed E-state index contributed by atoms with van der Waals surface area (Å²) in [7, 11) is 1.19. The van der Waals surface area contributed by atoms with E-state index in [2.05, 4.69) is 10.4 Å². The number of nitrogens with one attached hydrogen (secondary N) is 1. The van der Waals surface area contributed by atoms with E-state index in [4.69, 9.17) is 9.84 Å². The second kappa shape index (κ2) is 12.1. The fraction of sp³-hybridized carbons (Fsp3) is 0.167. The zero-order chi connectivity index (χ0) is 30.6. The number of anilines is 1. The molecule has 0 saturated carbocycles. The normalized spacial score (nSPS) is 11.9. The van der Waals surface area contributed by atoms with Crippen LogP contribution < -0.4 is 15.6 Å². The van der Waals surface area contributed by atoms with Crippen molar-refractivity contribution >= 4 is 23.3 Å². The Kier molecular flexibility index (Phi) is 8.55. The maximum atomic E-state index is 13.5. The largest absolute Gasteiger partial charge is 0.480 e. The first-order valence-corrected chi connectivity index (χ1v) is 12.5. The van der Waals surface area contributed by atoms with Gasteiger partial charge in [-0.15, -0.1) is 5.10 Å². The first-order chi connectivity index (χ1) is 19.9. The number of hydrogen-bond donors (Lipinski definition) is 2. The molecule has 2 N–H and O–H groups in total. The molecule has 0 unspecified atom stereocenters. The van der Waals surface area contributed by atoms with Crippen LogP contribution in [0.3, 0.4) is 0 Å². The van der Waals surface area contributed by atoms with Gasteiger partial charge in [-0.3, -0.25) is 14.4 Å². The quantitative estimate of drug-likeness (QED) is 0.259. The lowest BCUT2D eigenvalue weighted by Gasteiger charge is -2.21. The van der Waals surface area contributed by atoms with Crippen LogP contribution in [0.1, 0.15) is 44.8 Å². The van der Waals surface area contributed by atoms with Gasteiger partial charge in [0.1, 0.15) is 6.04 Å². The number of carboxylic acid groups (broad SMARTS) is 1. The third-order valence-corrected chi connectivity index (χ3v) is 6.40. The highest BCUT2D eigenvalue weighted by atomic mass is 19.4. The minimum Gasteiger partial charge on any atom is -0.480 e. The fourth-order valence-corrected chi connectivity index (χ4v) is 4.32. The van der Waals surface area contributed by atoms with Gasteiger partial charge in [-0.1, -0.05) is 36.4 Å². The number of ketones is 1. The van der Waals surface area contributed by atoms with Crippen molar-refractivity contribution in [3.63, 3.8) is 0 Å². The topological polar surface area (TPSA) is 128 Å². The van der Waals surface area contributed by atoms with E-state index >= 15 is 0 Å². The van der Waals surface area contributed by atoms with Crippen LogP contribution in [0.15, 0.2) is 83.7 Å². The van der Waals surface area contributed by atoms with E-state index in [1.54, 1.807) is 30.3 Å². The van der Waals surface area contributed by atoms with Crippen molar-refractivity contribution < 1.29 is 37.4 Å². The molecule has 1 atom stereocenters. The molecule has 0 bridgehead atoms. The van der Waals surface area contributed by atoms with Crippen LogP contribution in [0, 0.1) is 0 Å². The number of aromatic nitrogens is 2. The summed E-state index contributed by atoms with van der Waals surface area (Å²) >= 11 is 0. The lowest BCUT2D eigenvalue weighted by Crippen LogP contribution is -2.36. The summed E-state index contributed by atoms with van der Waals surface area (Å²) in [6.45, 7) is 1.18. The molecule has 0 radical (unpaired) electrons. The van der Waals surface area contributed by atoms with Crippen molar-refractivity contribution in [1.29, 1.82) is 0 Å². The SMILES string of the molecule is COc1nn([C@@H](Cc2ccccc2)C(=O)Nc2ccc(C(=O)O)cc2)c(=O)cc1-c1cc(C(F)(F)F)ccc1C(C)=O. The lowest BCUT2D eigenvalue weighted by molar-refractivity contribution is -0.137. The van der Waals surface area contributed by atoms with E-state index in [1.807, 2.05) is 0 Å². The Hall–Kier alpha value is -5.26. The number of amides is 1. The van der Waals surface area contributed by atoms with Crippen molar-refractivity contribution in [2.45, 2.75) is 25.6 Å². The monoisotopic (exact) mass is 579 g/mol. The molecule has 42 heavy (non-hydrogen) atoms. The number of benzene rings is 3. The molecule has 0 aliphatic carbocycles. The number of ether oxygens (including phenoxy) is 1. The summed E-state index contributed by atoms with van der Waals surface area (Å²) in [4.78, 5) is 50.4. The molecule has 0 spiro atoms. The average Bonchev–Trinajstić information content (AvgIpc) is 2.96. The smallest absolute Gasteiger partial charge is 0.416 e. The molecule has 0 aliphatic rings. The number of alkyl halides is 3. The van der Waals surface area contributed by atoms with Crippen molar-refractivity contribution in [2.75, 3.05) is 12.4 Å². The van der Waals surface area contributed by atoms with Crippen molar-refractivity contribution in [1.82, 2.24) is 9.78 Å². The molecule has 0 saturated heterocycles. The molecule has 4 aromatic rings. The van der Waals surface area contributed by atoms with Crippen LogP contribution in [0.2, 0.25) is 0 Å². The van der Waals surface area contributed by atoms with Gasteiger partial charge in [0.15, 0.2) is 5.78 Å². The highest BCUT2D eigenvalue weighted by Gasteiger charge is 2.32. The van der Waals surface area contributed by atoms with E-state index in [0.29, 0.717) is 5.56 Å². The zero-order valence-electron chi connectivity index (χ0n) is 22.3. The Morgan fingerprint density at radius 2 is 1.64 bits per heavy atom. The molecule has 12 heteroatoms. The van der Waals surface area contributed by atoms with Gasteiger partial charge >= 0.3 is 12.1 Å². The second-order valence-corrected chi connectivity index (χ2v) is 9.24. The predicted molar refractivity (Wildman–Crippen MR) is 147 cm³/mol. The van der Waals surface area contributed by atoms with Gasteiger partial charge in [0, 0.05) is 23.7 Å². The van der Waals surface area contributed by atoms with Crippen LogP contribution in [-0.4, -0.2) is 39.7 Å². The highest BCUT2D eigenvalue weighted by molar-refractivity contribution is 6.01. The minimum atomic E-state index is -4.72. The summed E-state index contributed by atoms with van der Waals surface area (Å²) < 4.78 is 46.7. The molecular weight excluding hydrogens is 555 g/mol. The van der Waals surface area contributed by atoms with E-state index < -0.39 is 41.0 Å². The summed E-state index contributed by atoms with van der Waals surface area (Å²) in [5.74, 6) is -2.64. The van der Waals surface area contributed by atoms with E-state index in [0.717, 1.165) is 28.9 Å². The van der Waals surface area contributed by atoms with Gasteiger partial charge < -0.3 is 15.2 Å². The highest BCUT2D eigenvalue weighted by Crippen LogP contribution is 2.36.